The maximum Gasteiger partial charge on any atom is 0.124 e. The van der Waals surface area contributed by atoms with Crippen molar-refractivity contribution >= 4 is 22.7 Å². The van der Waals surface area contributed by atoms with Gasteiger partial charge in [0.05, 0.1) is 6.61 Å². The fourth-order valence-electron chi connectivity index (χ4n) is 2.29. The van der Waals surface area contributed by atoms with Gasteiger partial charge in [0.25, 0.3) is 0 Å². The zero-order valence-electron chi connectivity index (χ0n) is 11.2. The molecule has 0 bridgehead atoms. The maximum atomic E-state index is 10.5. The number of aliphatic hydroxyl groups excluding tert-OH is 1. The molecule has 19 heavy (non-hydrogen) atoms. The Morgan fingerprint density at radius 3 is 2.58 bits per heavy atom. The Kier molecular flexibility index (Phi) is 4.53. The van der Waals surface area contributed by atoms with Gasteiger partial charge >= 0.3 is 0 Å². The highest BCUT2D eigenvalue weighted by Gasteiger charge is 2.04. The van der Waals surface area contributed by atoms with Crippen LogP contribution in [-0.4, -0.2) is 31.1 Å². The lowest BCUT2D eigenvalue weighted by atomic mass is 10.0. The van der Waals surface area contributed by atoms with E-state index in [0.29, 0.717) is 13.0 Å². The van der Waals surface area contributed by atoms with Gasteiger partial charge in [0.15, 0.2) is 0 Å². The van der Waals surface area contributed by atoms with Crippen molar-refractivity contribution in [2.24, 2.45) is 0 Å². The van der Waals surface area contributed by atoms with E-state index in [1.54, 1.807) is 0 Å². The molecule has 0 atom stereocenters. The Morgan fingerprint density at radius 1 is 1.16 bits per heavy atom. The molecule has 0 amide bonds. The van der Waals surface area contributed by atoms with Gasteiger partial charge in [-0.25, -0.2) is 0 Å². The van der Waals surface area contributed by atoms with Gasteiger partial charge in [0, 0.05) is 25.2 Å². The summed E-state index contributed by atoms with van der Waals surface area (Å²) in [7, 11) is 0. The molecule has 0 saturated carbocycles. The Bertz CT molecular complexity index is 566. The number of anilines is 1. The van der Waals surface area contributed by atoms with Crippen LogP contribution in [0.2, 0.25) is 0 Å². The third kappa shape index (κ3) is 3.12. The lowest BCUT2D eigenvalue weighted by molar-refractivity contribution is -0.107. The average molecular weight is 257 g/mol. The van der Waals surface area contributed by atoms with Gasteiger partial charge in [-0.2, -0.15) is 0 Å². The lowest BCUT2D eigenvalue weighted by Crippen LogP contribution is -2.25. The summed E-state index contributed by atoms with van der Waals surface area (Å²) in [6.45, 7) is 3.75. The number of nitrogens with zero attached hydrogens (tertiary/aromatic N) is 1. The van der Waals surface area contributed by atoms with Crippen molar-refractivity contribution in [1.82, 2.24) is 0 Å². The smallest absolute Gasteiger partial charge is 0.124 e. The summed E-state index contributed by atoms with van der Waals surface area (Å²) >= 11 is 0. The van der Waals surface area contributed by atoms with E-state index < -0.39 is 0 Å². The Hall–Kier alpha value is -1.87. The molecule has 3 nitrogen and oxygen atoms in total. The van der Waals surface area contributed by atoms with Crippen LogP contribution in [-0.2, 0) is 11.2 Å². The highest BCUT2D eigenvalue weighted by Crippen LogP contribution is 2.23. The summed E-state index contributed by atoms with van der Waals surface area (Å²) in [4.78, 5) is 12.7. The molecule has 0 heterocycles. The number of rotatable bonds is 6. The van der Waals surface area contributed by atoms with Gasteiger partial charge in [-0.1, -0.05) is 24.3 Å². The van der Waals surface area contributed by atoms with Crippen LogP contribution in [0.25, 0.3) is 10.8 Å². The Labute approximate surface area is 113 Å². The van der Waals surface area contributed by atoms with Crippen LogP contribution in [0.15, 0.2) is 36.4 Å². The number of carbonyl (C=O) groups is 1. The molecule has 0 aliphatic heterocycles. The van der Waals surface area contributed by atoms with Gasteiger partial charge in [0.2, 0.25) is 0 Å². The first kappa shape index (κ1) is 13.6. The number of benzene rings is 2. The van der Waals surface area contributed by atoms with Crippen molar-refractivity contribution in [1.29, 1.82) is 0 Å². The van der Waals surface area contributed by atoms with Crippen LogP contribution in [0, 0.1) is 0 Å². The molecule has 2 aromatic rings. The number of hydrogen-bond acceptors (Lipinski definition) is 3. The summed E-state index contributed by atoms with van der Waals surface area (Å²) in [6.07, 6.45) is 1.39. The molecule has 2 aromatic carbocycles. The lowest BCUT2D eigenvalue weighted by Gasteiger charge is -2.22. The Morgan fingerprint density at radius 2 is 1.89 bits per heavy atom. The van der Waals surface area contributed by atoms with E-state index in [4.69, 9.17) is 5.11 Å². The van der Waals surface area contributed by atoms with Gasteiger partial charge < -0.3 is 14.8 Å². The minimum atomic E-state index is 0.157. The first-order chi connectivity index (χ1) is 9.28. The van der Waals surface area contributed by atoms with Gasteiger partial charge in [-0.15, -0.1) is 0 Å². The molecule has 0 radical (unpaired) electrons. The van der Waals surface area contributed by atoms with E-state index in [9.17, 15) is 4.79 Å². The molecule has 0 fully saturated rings. The highest BCUT2D eigenvalue weighted by molar-refractivity contribution is 5.87. The van der Waals surface area contributed by atoms with Gasteiger partial charge in [-0.3, -0.25) is 0 Å². The van der Waals surface area contributed by atoms with Crippen LogP contribution in [0.5, 0.6) is 0 Å². The average Bonchev–Trinajstić information content (AvgIpc) is 2.44. The predicted octanol–water partition coefficient (Wildman–Crippen LogP) is 2.40. The summed E-state index contributed by atoms with van der Waals surface area (Å²) in [5.41, 5.74) is 2.16. The van der Waals surface area contributed by atoms with E-state index in [2.05, 4.69) is 36.1 Å². The molecule has 100 valence electrons. The van der Waals surface area contributed by atoms with Gasteiger partial charge in [0.1, 0.15) is 6.29 Å². The molecule has 0 spiro atoms. The van der Waals surface area contributed by atoms with E-state index >= 15 is 0 Å². The predicted molar refractivity (Wildman–Crippen MR) is 78.7 cm³/mol. The number of likely N-dealkylation sites (N-methyl/N-ethyl adjacent to an activating group) is 1. The second-order valence-electron chi connectivity index (χ2n) is 4.54. The molecule has 1 N–H and O–H groups in total. The highest BCUT2D eigenvalue weighted by atomic mass is 16.3. The van der Waals surface area contributed by atoms with Crippen molar-refractivity contribution in [3.8, 4) is 0 Å². The first-order valence-electron chi connectivity index (χ1n) is 6.60. The molecular formula is C16H19NO2. The van der Waals surface area contributed by atoms with Crippen LogP contribution in [0.3, 0.4) is 0 Å². The standard InChI is InChI=1S/C16H19NO2/c1-2-17(8-10-19)16-6-5-14-11-13(7-9-18)3-4-15(14)12-16/h3-6,9,11-12,19H,2,7-8,10H2,1H3. The second kappa shape index (κ2) is 6.34. The largest absolute Gasteiger partial charge is 0.395 e. The third-order valence-corrected chi connectivity index (χ3v) is 3.32. The van der Waals surface area contributed by atoms with Crippen LogP contribution >= 0.6 is 0 Å². The number of carbonyl (C=O) groups excluding carboxylic acids is 1. The molecule has 2 rings (SSSR count). The monoisotopic (exact) mass is 257 g/mol. The molecule has 0 saturated heterocycles. The molecule has 0 aliphatic carbocycles. The molecule has 0 aliphatic rings. The minimum Gasteiger partial charge on any atom is -0.395 e. The molecule has 0 unspecified atom stereocenters. The van der Waals surface area contributed by atoms with Crippen molar-refractivity contribution in [3.05, 3.63) is 42.0 Å². The molecule has 0 aromatic heterocycles. The molecular weight excluding hydrogens is 238 g/mol. The van der Waals surface area contributed by atoms with Crippen molar-refractivity contribution in [3.63, 3.8) is 0 Å². The summed E-state index contributed by atoms with van der Waals surface area (Å²) in [5, 5.41) is 11.4. The normalized spacial score (nSPS) is 10.6. The van der Waals surface area contributed by atoms with Crippen LogP contribution in [0.4, 0.5) is 5.69 Å². The second-order valence-corrected chi connectivity index (χ2v) is 4.54. The zero-order valence-corrected chi connectivity index (χ0v) is 11.2. The van der Waals surface area contributed by atoms with Crippen LogP contribution in [0.1, 0.15) is 12.5 Å². The Balaban J connectivity index is 2.35. The van der Waals surface area contributed by atoms with E-state index in [1.807, 2.05) is 12.1 Å². The van der Waals surface area contributed by atoms with Crippen molar-refractivity contribution in [2.45, 2.75) is 13.3 Å². The van der Waals surface area contributed by atoms with Crippen molar-refractivity contribution < 1.29 is 9.90 Å². The number of fused-ring (bicyclic) bond motifs is 1. The number of hydrogen-bond donors (Lipinski definition) is 1. The van der Waals surface area contributed by atoms with Crippen molar-refractivity contribution in [2.75, 3.05) is 24.6 Å². The first-order valence-corrected chi connectivity index (χ1v) is 6.60. The maximum absolute atomic E-state index is 10.5. The summed E-state index contributed by atoms with van der Waals surface area (Å²) in [5.74, 6) is 0. The fourth-order valence-corrected chi connectivity index (χ4v) is 2.29. The zero-order chi connectivity index (χ0) is 13.7. The summed E-state index contributed by atoms with van der Waals surface area (Å²) in [6, 6.07) is 12.3. The van der Waals surface area contributed by atoms with E-state index in [-0.39, 0.29) is 6.61 Å². The topological polar surface area (TPSA) is 40.5 Å². The SMILES string of the molecule is CCN(CCO)c1ccc2cc(CC=O)ccc2c1. The third-order valence-electron chi connectivity index (χ3n) is 3.32. The molecule has 3 heteroatoms. The number of aldehydes is 1. The van der Waals surface area contributed by atoms with Crippen LogP contribution < -0.4 is 4.90 Å². The number of aliphatic hydroxyl groups is 1. The van der Waals surface area contributed by atoms with E-state index in [1.165, 1.54) is 0 Å². The van der Waals surface area contributed by atoms with Gasteiger partial charge in [-0.05, 0) is 35.4 Å². The fraction of sp³-hybridized carbons (Fsp3) is 0.312. The van der Waals surface area contributed by atoms with E-state index in [0.717, 1.165) is 34.9 Å². The minimum absolute atomic E-state index is 0.157. The summed E-state index contributed by atoms with van der Waals surface area (Å²) < 4.78 is 0. The quantitative estimate of drug-likeness (QED) is 0.808.